The third kappa shape index (κ3) is 4.38. The van der Waals surface area contributed by atoms with Gasteiger partial charge in [0.1, 0.15) is 11.4 Å². The molecule has 2 aliphatic rings. The van der Waals surface area contributed by atoms with Crippen molar-refractivity contribution < 1.29 is 31.1 Å². The molecule has 1 aromatic carbocycles. The summed E-state index contributed by atoms with van der Waals surface area (Å²) in [5, 5.41) is 1.24. The second kappa shape index (κ2) is 8.99. The highest BCUT2D eigenvalue weighted by molar-refractivity contribution is 6.06. The summed E-state index contributed by atoms with van der Waals surface area (Å²) in [5.41, 5.74) is -5.47. The Morgan fingerprint density at radius 2 is 1.61 bits per heavy atom. The normalized spacial score (nSPS) is 19.4. The number of hydrogen-bond donors (Lipinski definition) is 2. The first kappa shape index (κ1) is 25.8. The standard InChI is InChI=1S/C23H18F6N4O2.ClH/c24-22(25,26)14-2-1-3-15-18(14)19(34)13(10-30-15)21(35)31-16-8-9-17(32-20(16)23(27,28)29)33-11-4-5-12(33)7-6-11;/h1-3,8-12H,4-7H2,(H,30,34)(H,31,35);1H. The summed E-state index contributed by atoms with van der Waals surface area (Å²) in [7, 11) is 0. The maximum absolute atomic E-state index is 13.8. The molecule has 2 aromatic heterocycles. The van der Waals surface area contributed by atoms with E-state index in [9.17, 15) is 35.9 Å². The fraction of sp³-hybridized carbons (Fsp3) is 0.348. The van der Waals surface area contributed by atoms with E-state index in [-0.39, 0.29) is 35.8 Å². The number of amides is 1. The van der Waals surface area contributed by atoms with Crippen LogP contribution in [0.3, 0.4) is 0 Å². The predicted octanol–water partition coefficient (Wildman–Crippen LogP) is 5.77. The fourth-order valence-electron chi connectivity index (χ4n) is 5.06. The first-order chi connectivity index (χ1) is 16.4. The van der Waals surface area contributed by atoms with Crippen LogP contribution in [-0.4, -0.2) is 28.0 Å². The largest absolute Gasteiger partial charge is 0.435 e. The second-order valence-corrected chi connectivity index (χ2v) is 8.64. The molecule has 36 heavy (non-hydrogen) atoms. The van der Waals surface area contributed by atoms with Crippen molar-refractivity contribution in [3.8, 4) is 0 Å². The molecule has 2 fully saturated rings. The Morgan fingerprint density at radius 3 is 2.19 bits per heavy atom. The Labute approximate surface area is 206 Å². The number of aromatic nitrogens is 2. The quantitative estimate of drug-likeness (QED) is 0.420. The summed E-state index contributed by atoms with van der Waals surface area (Å²) in [5.74, 6) is -1.13. The van der Waals surface area contributed by atoms with E-state index in [4.69, 9.17) is 0 Å². The number of aromatic amines is 1. The molecule has 3 aromatic rings. The van der Waals surface area contributed by atoms with E-state index in [1.54, 1.807) is 0 Å². The van der Waals surface area contributed by atoms with Crippen LogP contribution in [0, 0.1) is 0 Å². The number of H-pyrrole nitrogens is 1. The number of hydrogen-bond acceptors (Lipinski definition) is 4. The van der Waals surface area contributed by atoms with Crippen molar-refractivity contribution in [1.29, 1.82) is 0 Å². The molecule has 2 N–H and O–H groups in total. The molecular formula is C23H19ClF6N4O2. The van der Waals surface area contributed by atoms with Crippen LogP contribution in [0.2, 0.25) is 0 Å². The zero-order chi connectivity index (χ0) is 25.1. The van der Waals surface area contributed by atoms with E-state index in [1.165, 1.54) is 12.1 Å². The number of benzene rings is 1. The van der Waals surface area contributed by atoms with Gasteiger partial charge < -0.3 is 15.2 Å². The average Bonchev–Trinajstić information content (AvgIpc) is 3.38. The number of halogens is 7. The Kier molecular flexibility index (Phi) is 6.44. The minimum absolute atomic E-state index is 0. The van der Waals surface area contributed by atoms with Gasteiger partial charge in [0.2, 0.25) is 5.43 Å². The lowest BCUT2D eigenvalue weighted by molar-refractivity contribution is -0.140. The molecule has 6 nitrogen and oxygen atoms in total. The Balaban J connectivity index is 0.00000304. The zero-order valence-electron chi connectivity index (χ0n) is 18.3. The summed E-state index contributed by atoms with van der Waals surface area (Å²) in [6.45, 7) is 0. The van der Waals surface area contributed by atoms with Gasteiger partial charge in [-0.15, -0.1) is 12.4 Å². The van der Waals surface area contributed by atoms with Crippen LogP contribution in [0.15, 0.2) is 41.3 Å². The van der Waals surface area contributed by atoms with Gasteiger partial charge in [0.25, 0.3) is 5.91 Å². The molecular weight excluding hydrogens is 514 g/mol. The number of nitrogens with zero attached hydrogens (tertiary/aromatic N) is 2. The van der Waals surface area contributed by atoms with Crippen LogP contribution in [0.4, 0.5) is 37.8 Å². The van der Waals surface area contributed by atoms with E-state index in [1.807, 2.05) is 10.2 Å². The van der Waals surface area contributed by atoms with Gasteiger partial charge >= 0.3 is 12.4 Å². The number of pyridine rings is 2. The van der Waals surface area contributed by atoms with Gasteiger partial charge in [0.15, 0.2) is 5.69 Å². The molecule has 0 saturated carbocycles. The molecule has 0 radical (unpaired) electrons. The molecule has 1 amide bonds. The SMILES string of the molecule is Cl.O=C(Nc1ccc(N2C3CCC2CC3)nc1C(F)(F)F)c1c[nH]c2cccc(C(F)(F)F)c2c1=O. The number of nitrogens with one attached hydrogen (secondary N) is 2. The molecule has 2 saturated heterocycles. The molecule has 4 heterocycles. The topological polar surface area (TPSA) is 78.1 Å². The highest BCUT2D eigenvalue weighted by Gasteiger charge is 2.42. The van der Waals surface area contributed by atoms with Gasteiger partial charge in [-0.25, -0.2) is 4.98 Å². The Morgan fingerprint density at radius 1 is 0.972 bits per heavy atom. The van der Waals surface area contributed by atoms with Crippen molar-refractivity contribution >= 4 is 40.7 Å². The summed E-state index contributed by atoms with van der Waals surface area (Å²) in [4.78, 5) is 33.6. The average molecular weight is 533 g/mol. The number of fused-ring (bicyclic) bond motifs is 3. The van der Waals surface area contributed by atoms with E-state index >= 15 is 0 Å². The third-order valence-electron chi connectivity index (χ3n) is 6.57. The lowest BCUT2D eigenvalue weighted by Gasteiger charge is -2.25. The van der Waals surface area contributed by atoms with Crippen LogP contribution < -0.4 is 15.6 Å². The summed E-state index contributed by atoms with van der Waals surface area (Å²) < 4.78 is 81.7. The van der Waals surface area contributed by atoms with E-state index < -0.39 is 51.6 Å². The molecule has 13 heteroatoms. The zero-order valence-corrected chi connectivity index (χ0v) is 19.2. The van der Waals surface area contributed by atoms with Crippen LogP contribution in [-0.2, 0) is 12.4 Å². The molecule has 5 rings (SSSR count). The third-order valence-corrected chi connectivity index (χ3v) is 6.57. The van der Waals surface area contributed by atoms with Gasteiger partial charge in [-0.05, 0) is 49.9 Å². The van der Waals surface area contributed by atoms with Crippen LogP contribution >= 0.6 is 12.4 Å². The van der Waals surface area contributed by atoms with Crippen LogP contribution in [0.1, 0.15) is 47.3 Å². The summed E-state index contributed by atoms with van der Waals surface area (Å²) in [6, 6.07) is 5.67. The Hall–Kier alpha value is -3.28. The van der Waals surface area contributed by atoms with Crippen molar-refractivity contribution in [3.05, 3.63) is 63.6 Å². The molecule has 0 spiro atoms. The van der Waals surface area contributed by atoms with Gasteiger partial charge in [-0.3, -0.25) is 9.59 Å². The van der Waals surface area contributed by atoms with E-state index in [0.717, 1.165) is 44.0 Å². The maximum Gasteiger partial charge on any atom is 0.435 e. The molecule has 0 aliphatic carbocycles. The predicted molar refractivity (Wildman–Crippen MR) is 123 cm³/mol. The monoisotopic (exact) mass is 532 g/mol. The number of alkyl halides is 6. The van der Waals surface area contributed by atoms with Crippen LogP contribution in [0.25, 0.3) is 10.9 Å². The van der Waals surface area contributed by atoms with Crippen LogP contribution in [0.5, 0.6) is 0 Å². The van der Waals surface area contributed by atoms with Gasteiger partial charge in [0.05, 0.1) is 16.6 Å². The summed E-state index contributed by atoms with van der Waals surface area (Å²) >= 11 is 0. The molecule has 2 aliphatic heterocycles. The fourth-order valence-corrected chi connectivity index (χ4v) is 5.06. The second-order valence-electron chi connectivity index (χ2n) is 8.64. The minimum atomic E-state index is -4.92. The number of carbonyl (C=O) groups excluding carboxylic acids is 1. The summed E-state index contributed by atoms with van der Waals surface area (Å²) in [6.07, 6.45) is -5.44. The highest BCUT2D eigenvalue weighted by atomic mass is 35.5. The van der Waals surface area contributed by atoms with Crippen molar-refractivity contribution in [3.63, 3.8) is 0 Å². The molecule has 0 atom stereocenters. The first-order valence-corrected chi connectivity index (χ1v) is 10.8. The van der Waals surface area contributed by atoms with Crippen molar-refractivity contribution in [2.75, 3.05) is 10.2 Å². The smallest absolute Gasteiger partial charge is 0.360 e. The van der Waals surface area contributed by atoms with Gasteiger partial charge in [-0.2, -0.15) is 26.3 Å². The maximum atomic E-state index is 13.8. The van der Waals surface area contributed by atoms with Crippen molar-refractivity contribution in [2.45, 2.75) is 50.1 Å². The van der Waals surface area contributed by atoms with E-state index in [2.05, 4.69) is 9.97 Å². The Bertz CT molecular complexity index is 1370. The highest BCUT2D eigenvalue weighted by Crippen LogP contribution is 2.42. The number of carbonyl (C=O) groups is 1. The van der Waals surface area contributed by atoms with Crippen molar-refractivity contribution in [1.82, 2.24) is 9.97 Å². The van der Waals surface area contributed by atoms with Crippen molar-refractivity contribution in [2.24, 2.45) is 0 Å². The molecule has 2 bridgehead atoms. The lowest BCUT2D eigenvalue weighted by Crippen LogP contribution is -2.30. The molecule has 0 unspecified atom stereocenters. The first-order valence-electron chi connectivity index (χ1n) is 10.8. The van der Waals surface area contributed by atoms with Gasteiger partial charge in [-0.1, -0.05) is 6.07 Å². The number of rotatable bonds is 3. The molecule has 192 valence electrons. The minimum Gasteiger partial charge on any atom is -0.360 e. The van der Waals surface area contributed by atoms with E-state index in [0.29, 0.717) is 6.07 Å². The lowest BCUT2D eigenvalue weighted by atomic mass is 10.0. The van der Waals surface area contributed by atoms with Gasteiger partial charge in [0, 0.05) is 23.8 Å². The number of anilines is 2.